The van der Waals surface area contributed by atoms with Gasteiger partial charge < -0.3 is 15.3 Å². The van der Waals surface area contributed by atoms with Crippen LogP contribution in [0.25, 0.3) is 0 Å². The Hall–Kier alpha value is -2.04. The Morgan fingerprint density at radius 2 is 2.12 bits per heavy atom. The van der Waals surface area contributed by atoms with Gasteiger partial charge in [0.05, 0.1) is 12.1 Å². The molecule has 0 aliphatic carbocycles. The first-order chi connectivity index (χ1) is 7.68. The molecule has 2 N–H and O–H groups in total. The molecule has 0 radical (unpaired) electrons. The maximum Gasteiger partial charge on any atom is 0.258 e. The van der Waals surface area contributed by atoms with Crippen molar-refractivity contribution in [3.05, 3.63) is 29.8 Å². The van der Waals surface area contributed by atoms with E-state index in [1.165, 1.54) is 11.0 Å². The van der Waals surface area contributed by atoms with Crippen LogP contribution in [-0.2, 0) is 4.79 Å². The fraction of sp³-hybridized carbons (Fsp3) is 0.273. The highest BCUT2D eigenvalue weighted by Gasteiger charge is 2.23. The number of hydrogen-bond acceptors (Lipinski definition) is 3. The molecule has 0 atom stereocenters. The summed E-state index contributed by atoms with van der Waals surface area (Å²) in [6.07, 6.45) is 0. The molecule has 1 aliphatic heterocycles. The topological polar surface area (TPSA) is 69.6 Å². The number of carbonyl (C=O) groups is 2. The number of aromatic hydroxyl groups is 1. The minimum atomic E-state index is -0.312. The number of rotatable bonds is 1. The van der Waals surface area contributed by atoms with Crippen LogP contribution in [0.2, 0.25) is 0 Å². The first kappa shape index (κ1) is 10.5. The third-order valence-electron chi connectivity index (χ3n) is 2.46. The maximum atomic E-state index is 12.0. The van der Waals surface area contributed by atoms with Crippen molar-refractivity contribution in [3.63, 3.8) is 0 Å². The van der Waals surface area contributed by atoms with Crippen LogP contribution < -0.4 is 5.32 Å². The number of amides is 2. The molecular weight excluding hydrogens is 208 g/mol. The highest BCUT2D eigenvalue weighted by Crippen LogP contribution is 2.17. The van der Waals surface area contributed by atoms with Gasteiger partial charge in [-0.3, -0.25) is 9.59 Å². The molecule has 2 amide bonds. The molecule has 1 saturated heterocycles. The molecule has 1 aromatic carbocycles. The number of hydrogen-bond donors (Lipinski definition) is 2. The highest BCUT2D eigenvalue weighted by molar-refractivity contribution is 5.99. The smallest absolute Gasteiger partial charge is 0.258 e. The van der Waals surface area contributed by atoms with Gasteiger partial charge >= 0.3 is 0 Å². The second kappa shape index (κ2) is 4.22. The van der Waals surface area contributed by atoms with Crippen molar-refractivity contribution in [1.29, 1.82) is 0 Å². The predicted octanol–water partition coefficient (Wildman–Crippen LogP) is -0.0358. The molecule has 1 fully saturated rings. The Balaban J connectivity index is 2.19. The quantitative estimate of drug-likeness (QED) is 0.698. The van der Waals surface area contributed by atoms with E-state index in [1.54, 1.807) is 18.2 Å². The van der Waals surface area contributed by atoms with Crippen molar-refractivity contribution >= 4 is 11.8 Å². The Morgan fingerprint density at radius 1 is 1.38 bits per heavy atom. The van der Waals surface area contributed by atoms with Crippen molar-refractivity contribution in [2.75, 3.05) is 19.6 Å². The molecule has 16 heavy (non-hydrogen) atoms. The summed E-state index contributed by atoms with van der Waals surface area (Å²) in [6.45, 7) is 0.976. The number of benzene rings is 1. The van der Waals surface area contributed by atoms with E-state index in [9.17, 15) is 14.7 Å². The third-order valence-corrected chi connectivity index (χ3v) is 2.46. The Morgan fingerprint density at radius 3 is 2.81 bits per heavy atom. The third kappa shape index (κ3) is 1.98. The zero-order valence-electron chi connectivity index (χ0n) is 8.64. The van der Waals surface area contributed by atoms with Crippen LogP contribution in [0.15, 0.2) is 24.3 Å². The van der Waals surface area contributed by atoms with Gasteiger partial charge in [-0.2, -0.15) is 0 Å². The van der Waals surface area contributed by atoms with E-state index in [0.717, 1.165) is 0 Å². The molecule has 0 spiro atoms. The van der Waals surface area contributed by atoms with Gasteiger partial charge in [-0.15, -0.1) is 0 Å². The van der Waals surface area contributed by atoms with Crippen molar-refractivity contribution in [2.45, 2.75) is 0 Å². The number of nitrogens with zero attached hydrogens (tertiary/aromatic N) is 1. The first-order valence-corrected chi connectivity index (χ1v) is 5.02. The van der Waals surface area contributed by atoms with E-state index in [1.807, 2.05) is 0 Å². The Bertz CT molecular complexity index is 431. The van der Waals surface area contributed by atoms with Crippen LogP contribution in [0.3, 0.4) is 0 Å². The van der Waals surface area contributed by atoms with Crippen molar-refractivity contribution in [2.24, 2.45) is 0 Å². The van der Waals surface area contributed by atoms with Gasteiger partial charge in [-0.05, 0) is 12.1 Å². The van der Waals surface area contributed by atoms with Crippen LogP contribution in [0, 0.1) is 0 Å². The zero-order valence-corrected chi connectivity index (χ0v) is 8.64. The first-order valence-electron chi connectivity index (χ1n) is 5.02. The molecule has 0 aromatic heterocycles. The Labute approximate surface area is 92.7 Å². The average molecular weight is 220 g/mol. The minimum absolute atomic E-state index is 0.0488. The van der Waals surface area contributed by atoms with Crippen LogP contribution in [0.1, 0.15) is 10.4 Å². The summed E-state index contributed by atoms with van der Waals surface area (Å²) in [5, 5.41) is 12.2. The second-order valence-corrected chi connectivity index (χ2v) is 3.59. The maximum absolute atomic E-state index is 12.0. The number of piperazine rings is 1. The molecule has 1 aliphatic rings. The number of phenols is 1. The summed E-state index contributed by atoms with van der Waals surface area (Å²) < 4.78 is 0. The summed E-state index contributed by atoms with van der Waals surface area (Å²) in [4.78, 5) is 24.5. The summed E-state index contributed by atoms with van der Waals surface area (Å²) in [5.74, 6) is -0.540. The molecule has 0 saturated carbocycles. The monoisotopic (exact) mass is 220 g/mol. The average Bonchev–Trinajstić information content (AvgIpc) is 2.29. The van der Waals surface area contributed by atoms with E-state index in [4.69, 9.17) is 0 Å². The Kier molecular flexibility index (Phi) is 2.76. The molecule has 0 bridgehead atoms. The lowest BCUT2D eigenvalue weighted by Crippen LogP contribution is -2.49. The van der Waals surface area contributed by atoms with E-state index >= 15 is 0 Å². The molecule has 1 heterocycles. The van der Waals surface area contributed by atoms with Crippen molar-refractivity contribution in [3.8, 4) is 5.75 Å². The number of phenolic OH excluding ortho intramolecular Hbond substituents is 1. The van der Waals surface area contributed by atoms with Gasteiger partial charge in [0.2, 0.25) is 5.91 Å². The van der Waals surface area contributed by atoms with E-state index in [-0.39, 0.29) is 29.7 Å². The lowest BCUT2D eigenvalue weighted by Gasteiger charge is -2.26. The SMILES string of the molecule is O=C1CN(C(=O)c2ccccc2O)CCN1. The van der Waals surface area contributed by atoms with E-state index in [2.05, 4.69) is 5.32 Å². The summed E-state index contributed by atoms with van der Waals surface area (Å²) in [5.41, 5.74) is 0.234. The largest absolute Gasteiger partial charge is 0.507 e. The fourth-order valence-electron chi connectivity index (χ4n) is 1.64. The standard InChI is InChI=1S/C11H12N2O3/c14-9-4-2-1-3-8(9)11(16)13-6-5-12-10(15)7-13/h1-4,14H,5-7H2,(H,12,15). The van der Waals surface area contributed by atoms with Crippen LogP contribution in [0.5, 0.6) is 5.75 Å². The van der Waals surface area contributed by atoms with E-state index < -0.39 is 0 Å². The lowest BCUT2D eigenvalue weighted by molar-refractivity contribution is -0.123. The van der Waals surface area contributed by atoms with Crippen LogP contribution >= 0.6 is 0 Å². The van der Waals surface area contributed by atoms with Crippen molar-refractivity contribution in [1.82, 2.24) is 10.2 Å². The van der Waals surface area contributed by atoms with Crippen LogP contribution in [0.4, 0.5) is 0 Å². The molecule has 84 valence electrons. The van der Waals surface area contributed by atoms with Gasteiger partial charge in [-0.25, -0.2) is 0 Å². The summed E-state index contributed by atoms with van der Waals surface area (Å²) in [7, 11) is 0. The minimum Gasteiger partial charge on any atom is -0.507 e. The van der Waals surface area contributed by atoms with E-state index in [0.29, 0.717) is 13.1 Å². The summed E-state index contributed by atoms with van der Waals surface area (Å²) in [6, 6.07) is 6.33. The highest BCUT2D eigenvalue weighted by atomic mass is 16.3. The molecule has 2 rings (SSSR count). The fourth-order valence-corrected chi connectivity index (χ4v) is 1.64. The number of para-hydroxylation sites is 1. The molecule has 5 heteroatoms. The molecular formula is C11H12N2O3. The van der Waals surface area contributed by atoms with Gasteiger partial charge in [0.1, 0.15) is 5.75 Å². The predicted molar refractivity (Wildman–Crippen MR) is 57.0 cm³/mol. The van der Waals surface area contributed by atoms with Crippen LogP contribution in [-0.4, -0.2) is 41.5 Å². The number of nitrogens with one attached hydrogen (secondary N) is 1. The van der Waals surface area contributed by atoms with Gasteiger partial charge in [0, 0.05) is 13.1 Å². The van der Waals surface area contributed by atoms with Gasteiger partial charge in [0.15, 0.2) is 0 Å². The second-order valence-electron chi connectivity index (χ2n) is 3.59. The summed E-state index contributed by atoms with van der Waals surface area (Å²) >= 11 is 0. The number of carbonyl (C=O) groups excluding carboxylic acids is 2. The van der Waals surface area contributed by atoms with Crippen molar-refractivity contribution < 1.29 is 14.7 Å². The zero-order chi connectivity index (χ0) is 11.5. The molecule has 5 nitrogen and oxygen atoms in total. The van der Waals surface area contributed by atoms with Gasteiger partial charge in [-0.1, -0.05) is 12.1 Å². The normalized spacial score (nSPS) is 15.8. The molecule has 0 unspecified atom stereocenters. The lowest BCUT2D eigenvalue weighted by atomic mass is 10.1. The molecule has 1 aromatic rings. The van der Waals surface area contributed by atoms with Gasteiger partial charge in [0.25, 0.3) is 5.91 Å².